The SMILES string of the molecule is CC(C)Nc1cncc(-c2ccc3[nH]nc(-c4cc5c(-c6ccsc6)nccc5[nH]4)c3c2)c1. The molecule has 0 aliphatic heterocycles. The molecule has 162 valence electrons. The van der Waals surface area contributed by atoms with Gasteiger partial charge in [0.1, 0.15) is 5.69 Å². The second kappa shape index (κ2) is 7.86. The summed E-state index contributed by atoms with van der Waals surface area (Å²) < 4.78 is 0. The maximum absolute atomic E-state index is 4.64. The largest absolute Gasteiger partial charge is 0.382 e. The molecular weight excluding hydrogens is 428 g/mol. The number of rotatable bonds is 5. The van der Waals surface area contributed by atoms with E-state index in [9.17, 15) is 0 Å². The second-order valence-electron chi connectivity index (χ2n) is 8.41. The summed E-state index contributed by atoms with van der Waals surface area (Å²) in [6.45, 7) is 4.24. The average Bonchev–Trinajstić information content (AvgIpc) is 3.57. The number of nitrogens with one attached hydrogen (secondary N) is 3. The number of hydrogen-bond donors (Lipinski definition) is 3. The molecule has 1 aromatic carbocycles. The van der Waals surface area contributed by atoms with Crippen LogP contribution in [0.3, 0.4) is 0 Å². The van der Waals surface area contributed by atoms with Crippen molar-refractivity contribution in [2.24, 2.45) is 0 Å². The van der Waals surface area contributed by atoms with Gasteiger partial charge in [-0.2, -0.15) is 16.4 Å². The van der Waals surface area contributed by atoms with Crippen LogP contribution in [0.1, 0.15) is 13.8 Å². The molecule has 0 atom stereocenters. The molecule has 5 aromatic heterocycles. The van der Waals surface area contributed by atoms with Crippen molar-refractivity contribution in [2.45, 2.75) is 19.9 Å². The highest BCUT2D eigenvalue weighted by Gasteiger charge is 2.15. The molecule has 0 fully saturated rings. The molecule has 0 spiro atoms. The number of nitrogens with zero attached hydrogens (tertiary/aromatic N) is 3. The topological polar surface area (TPSA) is 82.3 Å². The molecule has 0 saturated heterocycles. The molecule has 6 aromatic rings. The third-order valence-corrected chi connectivity index (χ3v) is 6.37. The van der Waals surface area contributed by atoms with Crippen molar-refractivity contribution in [3.8, 4) is 33.8 Å². The molecule has 0 radical (unpaired) electrons. The Morgan fingerprint density at radius 2 is 1.79 bits per heavy atom. The number of aromatic nitrogens is 5. The van der Waals surface area contributed by atoms with Gasteiger partial charge in [0, 0.05) is 57.4 Å². The minimum Gasteiger partial charge on any atom is -0.382 e. The first kappa shape index (κ1) is 19.7. The van der Waals surface area contributed by atoms with E-state index in [0.717, 1.165) is 61.3 Å². The van der Waals surface area contributed by atoms with E-state index in [2.05, 4.69) is 91.5 Å². The first-order valence-corrected chi connectivity index (χ1v) is 11.8. The van der Waals surface area contributed by atoms with E-state index in [4.69, 9.17) is 0 Å². The van der Waals surface area contributed by atoms with E-state index in [1.54, 1.807) is 11.3 Å². The number of hydrogen-bond acceptors (Lipinski definition) is 5. The predicted octanol–water partition coefficient (Wildman–Crippen LogP) is 6.72. The Balaban J connectivity index is 1.45. The lowest BCUT2D eigenvalue weighted by Gasteiger charge is -2.11. The molecule has 6 nitrogen and oxygen atoms in total. The molecule has 5 heterocycles. The summed E-state index contributed by atoms with van der Waals surface area (Å²) in [7, 11) is 0. The molecule has 6 rings (SSSR count). The van der Waals surface area contributed by atoms with Crippen LogP contribution in [0.2, 0.25) is 0 Å². The highest BCUT2D eigenvalue weighted by molar-refractivity contribution is 7.08. The van der Waals surface area contributed by atoms with Crippen molar-refractivity contribution in [1.82, 2.24) is 25.1 Å². The normalized spacial score (nSPS) is 11.6. The first-order chi connectivity index (χ1) is 16.2. The van der Waals surface area contributed by atoms with Crippen LogP contribution in [0.25, 0.3) is 55.6 Å². The molecule has 0 aliphatic rings. The van der Waals surface area contributed by atoms with E-state index in [-0.39, 0.29) is 0 Å². The summed E-state index contributed by atoms with van der Waals surface area (Å²) in [4.78, 5) is 12.6. The van der Waals surface area contributed by atoms with Crippen molar-refractivity contribution in [3.05, 3.63) is 71.8 Å². The van der Waals surface area contributed by atoms with Crippen molar-refractivity contribution in [2.75, 3.05) is 5.32 Å². The minimum atomic E-state index is 0.348. The van der Waals surface area contributed by atoms with Crippen molar-refractivity contribution in [1.29, 1.82) is 0 Å². The van der Waals surface area contributed by atoms with E-state index in [0.29, 0.717) is 6.04 Å². The predicted molar refractivity (Wildman–Crippen MR) is 136 cm³/mol. The Morgan fingerprint density at radius 1 is 0.879 bits per heavy atom. The summed E-state index contributed by atoms with van der Waals surface area (Å²) in [5.41, 5.74) is 9.19. The Kier molecular flexibility index (Phi) is 4.69. The first-order valence-electron chi connectivity index (χ1n) is 10.9. The van der Waals surface area contributed by atoms with Crippen molar-refractivity contribution >= 4 is 38.8 Å². The fourth-order valence-corrected chi connectivity index (χ4v) is 4.86. The van der Waals surface area contributed by atoms with Gasteiger partial charge in [-0.15, -0.1) is 0 Å². The third-order valence-electron chi connectivity index (χ3n) is 5.69. The van der Waals surface area contributed by atoms with Crippen molar-refractivity contribution in [3.63, 3.8) is 0 Å². The Bertz CT molecular complexity index is 1580. The van der Waals surface area contributed by atoms with Crippen LogP contribution < -0.4 is 5.32 Å². The monoisotopic (exact) mass is 450 g/mol. The number of benzene rings is 1. The quantitative estimate of drug-likeness (QED) is 0.272. The van der Waals surface area contributed by atoms with Gasteiger partial charge in [0.25, 0.3) is 0 Å². The van der Waals surface area contributed by atoms with Gasteiger partial charge in [-0.25, -0.2) is 0 Å². The van der Waals surface area contributed by atoms with Gasteiger partial charge in [-0.05, 0) is 61.2 Å². The number of pyridine rings is 2. The number of aromatic amines is 2. The van der Waals surface area contributed by atoms with Crippen LogP contribution in [0.4, 0.5) is 5.69 Å². The lowest BCUT2D eigenvalue weighted by atomic mass is 10.0. The fraction of sp³-hybridized carbons (Fsp3) is 0.115. The lowest BCUT2D eigenvalue weighted by Crippen LogP contribution is -2.09. The van der Waals surface area contributed by atoms with Crippen LogP contribution in [-0.4, -0.2) is 31.2 Å². The van der Waals surface area contributed by atoms with Gasteiger partial charge in [-0.3, -0.25) is 15.1 Å². The fourth-order valence-electron chi connectivity index (χ4n) is 4.22. The van der Waals surface area contributed by atoms with Crippen molar-refractivity contribution < 1.29 is 0 Å². The molecule has 3 N–H and O–H groups in total. The zero-order valence-corrected chi connectivity index (χ0v) is 19.1. The number of thiophene rings is 1. The lowest BCUT2D eigenvalue weighted by molar-refractivity contribution is 0.898. The van der Waals surface area contributed by atoms with E-state index in [1.807, 2.05) is 24.7 Å². The summed E-state index contributed by atoms with van der Waals surface area (Å²) in [5.74, 6) is 0. The molecular formula is C26H22N6S. The maximum atomic E-state index is 4.64. The number of fused-ring (bicyclic) bond motifs is 2. The Hall–Kier alpha value is -3.97. The number of anilines is 1. The van der Waals surface area contributed by atoms with Crippen LogP contribution in [0, 0.1) is 0 Å². The molecule has 0 bridgehead atoms. The van der Waals surface area contributed by atoms with Gasteiger partial charge < -0.3 is 10.3 Å². The van der Waals surface area contributed by atoms with Crippen LogP contribution in [0.5, 0.6) is 0 Å². The van der Waals surface area contributed by atoms with E-state index in [1.165, 1.54) is 0 Å². The third kappa shape index (κ3) is 3.56. The van der Waals surface area contributed by atoms with E-state index < -0.39 is 0 Å². The average molecular weight is 451 g/mol. The molecule has 33 heavy (non-hydrogen) atoms. The molecule has 7 heteroatoms. The van der Waals surface area contributed by atoms with Gasteiger partial charge in [0.05, 0.1) is 22.6 Å². The van der Waals surface area contributed by atoms with Gasteiger partial charge >= 0.3 is 0 Å². The Morgan fingerprint density at radius 3 is 2.64 bits per heavy atom. The second-order valence-corrected chi connectivity index (χ2v) is 9.19. The smallest absolute Gasteiger partial charge is 0.116 e. The van der Waals surface area contributed by atoms with Gasteiger partial charge in [-0.1, -0.05) is 6.07 Å². The zero-order valence-electron chi connectivity index (χ0n) is 18.3. The Labute approximate surface area is 194 Å². The van der Waals surface area contributed by atoms with E-state index >= 15 is 0 Å². The zero-order chi connectivity index (χ0) is 22.4. The van der Waals surface area contributed by atoms with Gasteiger partial charge in [0.15, 0.2) is 0 Å². The highest BCUT2D eigenvalue weighted by Crippen LogP contribution is 2.35. The minimum absolute atomic E-state index is 0.348. The molecule has 0 unspecified atom stereocenters. The molecule has 0 aliphatic carbocycles. The van der Waals surface area contributed by atoms with Crippen LogP contribution in [-0.2, 0) is 0 Å². The molecule has 0 amide bonds. The maximum Gasteiger partial charge on any atom is 0.116 e. The number of H-pyrrole nitrogens is 2. The summed E-state index contributed by atoms with van der Waals surface area (Å²) in [6, 6.07) is 15.1. The standard InChI is InChI=1S/C26H22N6S/c1-15(2)29-19-9-18(12-27-13-19)16-3-4-23-20(10-16)26(32-31-23)24-11-21-22(30-24)5-7-28-25(21)17-6-8-33-14-17/h3-15,29-30H,1-2H3,(H,31,32). The highest BCUT2D eigenvalue weighted by atomic mass is 32.1. The summed E-state index contributed by atoms with van der Waals surface area (Å²) in [6.07, 6.45) is 5.60. The van der Waals surface area contributed by atoms with Crippen LogP contribution in [0.15, 0.2) is 71.8 Å². The summed E-state index contributed by atoms with van der Waals surface area (Å²) >= 11 is 1.68. The summed E-state index contributed by atoms with van der Waals surface area (Å²) in [5, 5.41) is 17.6. The molecule has 0 saturated carbocycles. The van der Waals surface area contributed by atoms with Gasteiger partial charge in [0.2, 0.25) is 0 Å². The van der Waals surface area contributed by atoms with Crippen LogP contribution >= 0.6 is 11.3 Å².